The van der Waals surface area contributed by atoms with Crippen LogP contribution in [0.5, 0.6) is 0 Å². The molecule has 0 bridgehead atoms. The number of hydrogen-bond donors (Lipinski definition) is 1. The summed E-state index contributed by atoms with van der Waals surface area (Å²) in [6.07, 6.45) is 0.749. The highest BCUT2D eigenvalue weighted by Gasteiger charge is 2.22. The van der Waals surface area contributed by atoms with Crippen molar-refractivity contribution in [2.75, 3.05) is 33.4 Å². The first-order chi connectivity index (χ1) is 9.42. The first-order valence-corrected chi connectivity index (χ1v) is 7.58. The molecule has 0 aromatic carbocycles. The zero-order valence-corrected chi connectivity index (χ0v) is 13.9. The second-order valence-electron chi connectivity index (χ2n) is 5.54. The lowest BCUT2D eigenvalue weighted by molar-refractivity contribution is -0.146. The zero-order valence-electron chi connectivity index (χ0n) is 13.9. The number of nitrogens with one attached hydrogen (secondary N) is 1. The van der Waals surface area contributed by atoms with Crippen LogP contribution in [0.4, 0.5) is 0 Å². The minimum absolute atomic E-state index is 0.156. The van der Waals surface area contributed by atoms with Gasteiger partial charge in [-0.2, -0.15) is 0 Å². The molecular weight excluding hydrogens is 256 g/mol. The van der Waals surface area contributed by atoms with E-state index < -0.39 is 0 Å². The first-order valence-electron chi connectivity index (χ1n) is 7.58. The Morgan fingerprint density at radius 1 is 1.20 bits per heavy atom. The van der Waals surface area contributed by atoms with Gasteiger partial charge in [-0.3, -0.25) is 9.69 Å². The molecule has 0 aliphatic heterocycles. The van der Waals surface area contributed by atoms with Crippen LogP contribution in [0.15, 0.2) is 0 Å². The number of carbonyl (C=O) groups excluding carboxylic acids is 1. The molecule has 1 atom stereocenters. The standard InChI is InChI=1S/C15H32N2O3/c1-7-20-15(18)14(16-12(2)3)8-9-17(13(4)5)10-11-19-6/h12-14,16H,7-11H2,1-6H3. The summed E-state index contributed by atoms with van der Waals surface area (Å²) in [7, 11) is 1.71. The summed E-state index contributed by atoms with van der Waals surface area (Å²) >= 11 is 0. The number of nitrogens with zero attached hydrogens (tertiary/aromatic N) is 1. The van der Waals surface area contributed by atoms with Crippen LogP contribution < -0.4 is 5.32 Å². The van der Waals surface area contributed by atoms with Crippen molar-refractivity contribution in [1.82, 2.24) is 10.2 Å². The highest BCUT2D eigenvalue weighted by atomic mass is 16.5. The van der Waals surface area contributed by atoms with E-state index in [1.165, 1.54) is 0 Å². The maximum atomic E-state index is 11.9. The maximum Gasteiger partial charge on any atom is 0.323 e. The molecular formula is C15H32N2O3. The maximum absolute atomic E-state index is 11.9. The van der Waals surface area contributed by atoms with Gasteiger partial charge in [-0.05, 0) is 27.2 Å². The second-order valence-corrected chi connectivity index (χ2v) is 5.54. The number of hydrogen-bond acceptors (Lipinski definition) is 5. The van der Waals surface area contributed by atoms with Crippen molar-refractivity contribution in [1.29, 1.82) is 0 Å². The number of rotatable bonds is 11. The lowest BCUT2D eigenvalue weighted by Crippen LogP contribution is -2.45. The molecule has 20 heavy (non-hydrogen) atoms. The van der Waals surface area contributed by atoms with E-state index >= 15 is 0 Å². The summed E-state index contributed by atoms with van der Waals surface area (Å²) in [4.78, 5) is 14.3. The van der Waals surface area contributed by atoms with E-state index in [4.69, 9.17) is 9.47 Å². The Bertz CT molecular complexity index is 258. The van der Waals surface area contributed by atoms with Crippen LogP contribution >= 0.6 is 0 Å². The third-order valence-electron chi connectivity index (χ3n) is 3.12. The fraction of sp³-hybridized carbons (Fsp3) is 0.933. The summed E-state index contributed by atoms with van der Waals surface area (Å²) < 4.78 is 10.3. The van der Waals surface area contributed by atoms with Gasteiger partial charge in [0.2, 0.25) is 0 Å². The Balaban J connectivity index is 4.42. The largest absolute Gasteiger partial charge is 0.465 e. The van der Waals surface area contributed by atoms with E-state index in [0.717, 1.165) is 19.5 Å². The van der Waals surface area contributed by atoms with Gasteiger partial charge in [-0.25, -0.2) is 0 Å². The predicted molar refractivity (Wildman–Crippen MR) is 81.9 cm³/mol. The summed E-state index contributed by atoms with van der Waals surface area (Å²) in [5.74, 6) is -0.156. The molecule has 0 aliphatic rings. The van der Waals surface area contributed by atoms with Gasteiger partial charge in [0.1, 0.15) is 6.04 Å². The minimum atomic E-state index is -0.237. The molecule has 0 aromatic rings. The molecule has 5 nitrogen and oxygen atoms in total. The molecule has 0 amide bonds. The van der Waals surface area contributed by atoms with Gasteiger partial charge in [-0.1, -0.05) is 13.8 Å². The molecule has 0 saturated carbocycles. The van der Waals surface area contributed by atoms with Crippen LogP contribution in [0.3, 0.4) is 0 Å². The van der Waals surface area contributed by atoms with E-state index in [1.54, 1.807) is 7.11 Å². The van der Waals surface area contributed by atoms with Gasteiger partial charge < -0.3 is 14.8 Å². The smallest absolute Gasteiger partial charge is 0.323 e. The molecule has 1 N–H and O–H groups in total. The summed E-state index contributed by atoms with van der Waals surface area (Å²) in [5.41, 5.74) is 0. The fourth-order valence-electron chi connectivity index (χ4n) is 2.05. The fourth-order valence-corrected chi connectivity index (χ4v) is 2.05. The van der Waals surface area contributed by atoms with Gasteiger partial charge in [0.25, 0.3) is 0 Å². The lowest BCUT2D eigenvalue weighted by atomic mass is 10.1. The quantitative estimate of drug-likeness (QED) is 0.586. The Labute approximate surface area is 124 Å². The molecule has 0 spiro atoms. The average Bonchev–Trinajstić information content (AvgIpc) is 2.36. The van der Waals surface area contributed by atoms with Gasteiger partial charge in [0.05, 0.1) is 13.2 Å². The Morgan fingerprint density at radius 3 is 2.30 bits per heavy atom. The number of esters is 1. The third-order valence-corrected chi connectivity index (χ3v) is 3.12. The SMILES string of the molecule is CCOC(=O)C(CCN(CCOC)C(C)C)NC(C)C. The van der Waals surface area contributed by atoms with Crippen molar-refractivity contribution >= 4 is 5.97 Å². The van der Waals surface area contributed by atoms with E-state index in [9.17, 15) is 4.79 Å². The third kappa shape index (κ3) is 8.51. The van der Waals surface area contributed by atoms with Gasteiger partial charge in [0.15, 0.2) is 0 Å². The van der Waals surface area contributed by atoms with Gasteiger partial charge in [0, 0.05) is 32.3 Å². The lowest BCUT2D eigenvalue weighted by Gasteiger charge is -2.28. The molecule has 0 aromatic heterocycles. The molecule has 0 radical (unpaired) electrons. The predicted octanol–water partition coefficient (Wildman–Crippen LogP) is 1.66. The number of ether oxygens (including phenoxy) is 2. The monoisotopic (exact) mass is 288 g/mol. The van der Waals surface area contributed by atoms with E-state index in [1.807, 2.05) is 20.8 Å². The van der Waals surface area contributed by atoms with Gasteiger partial charge >= 0.3 is 5.97 Å². The molecule has 1 unspecified atom stereocenters. The van der Waals surface area contributed by atoms with Crippen LogP contribution in [-0.4, -0.2) is 62.4 Å². The Kier molecular flexibility index (Phi) is 10.7. The first kappa shape index (κ1) is 19.4. The normalized spacial score (nSPS) is 13.2. The molecule has 0 heterocycles. The van der Waals surface area contributed by atoms with Crippen molar-refractivity contribution in [3.63, 3.8) is 0 Å². The Hall–Kier alpha value is -0.650. The van der Waals surface area contributed by atoms with E-state index in [2.05, 4.69) is 24.1 Å². The topological polar surface area (TPSA) is 50.8 Å². The van der Waals surface area contributed by atoms with E-state index in [-0.39, 0.29) is 18.1 Å². The highest BCUT2D eigenvalue weighted by Crippen LogP contribution is 2.05. The van der Waals surface area contributed by atoms with E-state index in [0.29, 0.717) is 19.3 Å². The molecule has 0 fully saturated rings. The Morgan fingerprint density at radius 2 is 1.85 bits per heavy atom. The number of methoxy groups -OCH3 is 1. The minimum Gasteiger partial charge on any atom is -0.465 e. The van der Waals surface area contributed by atoms with Crippen molar-refractivity contribution in [2.24, 2.45) is 0 Å². The van der Waals surface area contributed by atoms with Crippen LogP contribution in [0.1, 0.15) is 41.0 Å². The summed E-state index contributed by atoms with van der Waals surface area (Å²) in [6.45, 7) is 13.1. The second kappa shape index (κ2) is 11.1. The summed E-state index contributed by atoms with van der Waals surface area (Å²) in [6, 6.07) is 0.460. The van der Waals surface area contributed by atoms with Crippen molar-refractivity contribution < 1.29 is 14.3 Å². The zero-order chi connectivity index (χ0) is 15.5. The van der Waals surface area contributed by atoms with Crippen molar-refractivity contribution in [3.8, 4) is 0 Å². The highest BCUT2D eigenvalue weighted by molar-refractivity contribution is 5.75. The molecule has 5 heteroatoms. The van der Waals surface area contributed by atoms with Crippen molar-refractivity contribution in [3.05, 3.63) is 0 Å². The molecule has 0 saturated heterocycles. The number of carbonyl (C=O) groups is 1. The van der Waals surface area contributed by atoms with Crippen LogP contribution in [0.2, 0.25) is 0 Å². The average molecular weight is 288 g/mol. The van der Waals surface area contributed by atoms with Crippen LogP contribution in [-0.2, 0) is 14.3 Å². The molecule has 0 rings (SSSR count). The van der Waals surface area contributed by atoms with Gasteiger partial charge in [-0.15, -0.1) is 0 Å². The van der Waals surface area contributed by atoms with Crippen LogP contribution in [0, 0.1) is 0 Å². The molecule has 120 valence electrons. The van der Waals surface area contributed by atoms with Crippen molar-refractivity contribution in [2.45, 2.75) is 59.2 Å². The summed E-state index contributed by atoms with van der Waals surface area (Å²) in [5, 5.41) is 3.28. The van der Waals surface area contributed by atoms with Crippen LogP contribution in [0.25, 0.3) is 0 Å². The molecule has 0 aliphatic carbocycles.